The summed E-state index contributed by atoms with van der Waals surface area (Å²) in [5.74, 6) is 0.429. The van der Waals surface area contributed by atoms with Gasteiger partial charge in [0.15, 0.2) is 0 Å². The Kier molecular flexibility index (Phi) is 38.2. The van der Waals surface area contributed by atoms with Crippen molar-refractivity contribution in [1.82, 2.24) is 0 Å². The average molecular weight is 672 g/mol. The van der Waals surface area contributed by atoms with Crippen molar-refractivity contribution >= 4 is 41.5 Å². The van der Waals surface area contributed by atoms with E-state index < -0.39 is 13.9 Å². The van der Waals surface area contributed by atoms with Crippen LogP contribution in [0.1, 0.15) is 201 Å². The predicted octanol–water partition coefficient (Wildman–Crippen LogP) is 10.1. The predicted molar refractivity (Wildman–Crippen MR) is 193 cm³/mol. The first-order chi connectivity index (χ1) is 21.6. The Balaban J connectivity index is 0. The van der Waals surface area contributed by atoms with E-state index in [0.29, 0.717) is 6.61 Å². The van der Waals surface area contributed by atoms with Gasteiger partial charge >= 0.3 is 188 Å². The van der Waals surface area contributed by atoms with Gasteiger partial charge in [0.2, 0.25) is 0 Å². The molecule has 0 spiro atoms. The monoisotopic (exact) mass is 672 g/mol. The maximum atomic E-state index is 13.3. The molecule has 7 nitrogen and oxygen atoms in total. The first kappa shape index (κ1) is 47.8. The molecule has 0 heterocycles. The molecule has 0 saturated heterocycles. The summed E-state index contributed by atoms with van der Waals surface area (Å²) in [5, 5.41) is 0. The molecule has 5 N–H and O–H groups in total. The summed E-state index contributed by atoms with van der Waals surface area (Å²) in [4.78, 5) is 34.8. The molecule has 3 atom stereocenters. The Morgan fingerprint density at radius 3 is 1.07 bits per heavy atom. The number of hydrogen-bond acceptors (Lipinski definition) is 4. The molecule has 0 radical (unpaired) electrons. The van der Waals surface area contributed by atoms with Crippen LogP contribution in [0, 0.1) is 5.92 Å². The van der Waals surface area contributed by atoms with Crippen LogP contribution >= 0.6 is 7.82 Å². The van der Waals surface area contributed by atoms with Crippen LogP contribution in [0.2, 0.25) is 0 Å². The Labute approximate surface area is 297 Å². The first-order valence-corrected chi connectivity index (χ1v) is 22.0. The minimum absolute atomic E-state index is 0.0432. The van der Waals surface area contributed by atoms with Crippen molar-refractivity contribution < 1.29 is 28.8 Å². The molecule has 0 aliphatic rings. The van der Waals surface area contributed by atoms with Crippen LogP contribution in [-0.4, -0.2) is 64.4 Å². The Bertz CT molecular complexity index is 657. The number of phosphoric acid groups is 1. The summed E-state index contributed by atoms with van der Waals surface area (Å²) < 4.78 is 14.6. The van der Waals surface area contributed by atoms with Gasteiger partial charge < -0.3 is 14.7 Å². The quantitative estimate of drug-likeness (QED) is 0.0310. The van der Waals surface area contributed by atoms with Crippen LogP contribution in [0.25, 0.3) is 0 Å². The fraction of sp³-hybridized carbons (Fsp3) is 0.972. The molecule has 0 aromatic rings. The molecule has 3 unspecified atom stereocenters. The Morgan fingerprint density at radius 2 is 0.822 bits per heavy atom. The normalized spacial score (nSPS) is 13.7. The molecule has 0 aromatic heterocycles. The van der Waals surface area contributed by atoms with Crippen LogP contribution in [0.3, 0.4) is 0 Å². The molecule has 0 saturated carbocycles. The van der Waals surface area contributed by atoms with Crippen molar-refractivity contribution in [2.45, 2.75) is 210 Å². The molecule has 0 rings (SSSR count). The van der Waals surface area contributed by atoms with Gasteiger partial charge in [0.05, 0.1) is 0 Å². The number of carbonyl (C=O) groups is 1. The van der Waals surface area contributed by atoms with Gasteiger partial charge in [-0.1, -0.05) is 90.9 Å². The first-order valence-electron chi connectivity index (χ1n) is 19.3. The number of ketones is 1. The van der Waals surface area contributed by atoms with Gasteiger partial charge in [-0.15, -0.1) is 0 Å². The van der Waals surface area contributed by atoms with Crippen molar-refractivity contribution in [3.63, 3.8) is 0 Å². The number of Topliss-reactive ketones (excluding diaryl/α,β-unsaturated/α-hetero) is 1. The number of carbonyl (C=O) groups excluding carboxylic acids is 1. The molecule has 0 aliphatic carbocycles. The van der Waals surface area contributed by atoms with Crippen LogP contribution in [0.4, 0.5) is 0 Å². The fourth-order valence-electron chi connectivity index (χ4n) is 6.12. The zero-order valence-electron chi connectivity index (χ0n) is 30.3. The molecule has 266 valence electrons. The largest absolute Gasteiger partial charge is 0.466 e. The standard InChI is InChI=1S/C36H72NO2.Na.H3O4P/c1-4-7-9-11-13-15-17-19-20-22-24-26-28-30-32-34(36(38)35(37)33-39-6-3)31-29-27-25-23-21-18-16-14-12-10-8-5-2;;1-5(2,3)4/h33-35H,4-32,37H2,1-3H3;;(H3,1,2,3,4). The van der Waals surface area contributed by atoms with Crippen LogP contribution < -0.4 is 5.73 Å². The number of nitrogens with two attached hydrogens (primary N) is 1. The number of ether oxygens (including phenoxy) is 1. The maximum absolute atomic E-state index is 13.3. The van der Waals surface area contributed by atoms with Crippen LogP contribution in [-0.2, 0) is 14.1 Å². The molecule has 0 amide bonds. The van der Waals surface area contributed by atoms with Gasteiger partial charge in [0.25, 0.3) is 0 Å². The van der Waals surface area contributed by atoms with Crippen molar-refractivity contribution in [3.05, 3.63) is 0 Å². The van der Waals surface area contributed by atoms with Gasteiger partial charge in [-0.05, 0) is 0 Å². The summed E-state index contributed by atoms with van der Waals surface area (Å²) in [6.07, 6.45) is 37.7. The van der Waals surface area contributed by atoms with E-state index in [0.717, 1.165) is 40.8 Å². The molecule has 0 aromatic carbocycles. The Morgan fingerprint density at radius 1 is 0.578 bits per heavy atom. The zero-order chi connectivity index (χ0) is 34.0. The molecular formula is C36H75NNaO6P. The molecule has 0 fully saturated rings. The minimum Gasteiger partial charge on any atom is -0.303 e. The van der Waals surface area contributed by atoms with Crippen molar-refractivity contribution in [2.75, 3.05) is 6.61 Å². The third-order valence-electron chi connectivity index (χ3n) is 8.98. The van der Waals surface area contributed by atoms with Gasteiger partial charge in [-0.25, -0.2) is 4.57 Å². The number of hydrogen-bond donors (Lipinski definition) is 4. The van der Waals surface area contributed by atoms with Gasteiger partial charge in [0, 0.05) is 0 Å². The third kappa shape index (κ3) is 39.0. The summed E-state index contributed by atoms with van der Waals surface area (Å²) in [5.41, 5.74) is 6.39. The van der Waals surface area contributed by atoms with E-state index in [9.17, 15) is 4.79 Å². The smallest absolute Gasteiger partial charge is 0.303 e. The minimum atomic E-state index is -4.64. The second kappa shape index (κ2) is 36.0. The molecule has 45 heavy (non-hydrogen) atoms. The van der Waals surface area contributed by atoms with Crippen molar-refractivity contribution in [1.29, 1.82) is 0 Å². The van der Waals surface area contributed by atoms with Gasteiger partial charge in [0.1, 0.15) is 0 Å². The number of unbranched alkanes of at least 4 members (excludes halogenated alkanes) is 24. The molecule has 0 aliphatic heterocycles. The van der Waals surface area contributed by atoms with E-state index in [4.69, 9.17) is 29.7 Å². The Hall–Kier alpha value is 0.700. The molecular weight excluding hydrogens is 596 g/mol. The summed E-state index contributed by atoms with van der Waals surface area (Å²) >= 11 is 0.822. The average Bonchev–Trinajstić information content (AvgIpc) is 2.99. The summed E-state index contributed by atoms with van der Waals surface area (Å²) in [6, 6.07) is -0.416. The van der Waals surface area contributed by atoms with Crippen LogP contribution in [0.5, 0.6) is 0 Å². The van der Waals surface area contributed by atoms with Crippen LogP contribution in [0.15, 0.2) is 0 Å². The topological polar surface area (TPSA) is 130 Å². The second-order valence-electron chi connectivity index (χ2n) is 13.4. The van der Waals surface area contributed by atoms with Crippen molar-refractivity contribution in [2.24, 2.45) is 11.7 Å². The van der Waals surface area contributed by atoms with Crippen molar-refractivity contribution in [3.8, 4) is 0 Å². The summed E-state index contributed by atoms with van der Waals surface area (Å²) in [7, 11) is -4.64. The van der Waals surface area contributed by atoms with E-state index >= 15 is 0 Å². The fourth-order valence-corrected chi connectivity index (χ4v) is 6.78. The van der Waals surface area contributed by atoms with E-state index in [2.05, 4.69) is 13.8 Å². The van der Waals surface area contributed by atoms with E-state index in [-0.39, 0.29) is 15.1 Å². The van der Waals surface area contributed by atoms with E-state index in [1.165, 1.54) is 167 Å². The van der Waals surface area contributed by atoms with E-state index in [1.807, 2.05) is 6.92 Å². The summed E-state index contributed by atoms with van der Waals surface area (Å²) in [6.45, 7) is 7.23. The van der Waals surface area contributed by atoms with Gasteiger partial charge in [-0.3, -0.25) is 0 Å². The van der Waals surface area contributed by atoms with Gasteiger partial charge in [-0.2, -0.15) is 0 Å². The molecule has 0 bridgehead atoms. The SMILES string of the molecule is CCCCCCCCCCCCCCCCC(CCCCCCCCCCCCCC)C(=O)C(N)[CH]([Na])OCC.O=P(O)(O)O. The third-order valence-corrected chi connectivity index (χ3v) is 10.0. The second-order valence-corrected chi connectivity index (χ2v) is 15.5. The maximum Gasteiger partial charge on any atom is 0.466 e. The zero-order valence-corrected chi connectivity index (χ0v) is 33.2. The number of rotatable bonds is 33. The molecule has 9 heteroatoms. The van der Waals surface area contributed by atoms with E-state index in [1.54, 1.807) is 0 Å².